The van der Waals surface area contributed by atoms with Crippen molar-refractivity contribution in [1.82, 2.24) is 9.88 Å². The van der Waals surface area contributed by atoms with Crippen LogP contribution in [-0.4, -0.2) is 36.5 Å². The van der Waals surface area contributed by atoms with Crippen molar-refractivity contribution in [2.45, 2.75) is 19.4 Å². The number of ether oxygens (including phenoxy) is 1. The van der Waals surface area contributed by atoms with Gasteiger partial charge < -0.3 is 15.0 Å². The Morgan fingerprint density at radius 2 is 2.17 bits per heavy atom. The molecule has 0 atom stereocenters. The molecule has 23 heavy (non-hydrogen) atoms. The number of benzene rings is 1. The number of nitrogens with one attached hydrogen (secondary N) is 1. The van der Waals surface area contributed by atoms with Crippen LogP contribution in [0, 0.1) is 0 Å². The average molecular weight is 354 g/mol. The quantitative estimate of drug-likeness (QED) is 0.736. The van der Waals surface area contributed by atoms with Crippen molar-refractivity contribution in [3.8, 4) is 5.75 Å². The number of rotatable bonds is 8. The maximum absolute atomic E-state index is 11.9. The first-order valence-electron chi connectivity index (χ1n) is 7.31. The molecule has 124 valence electrons. The zero-order valence-electron chi connectivity index (χ0n) is 13.2. The monoisotopic (exact) mass is 353 g/mol. The molecule has 0 unspecified atom stereocenters. The van der Waals surface area contributed by atoms with E-state index < -0.39 is 0 Å². The van der Waals surface area contributed by atoms with Crippen molar-refractivity contribution in [2.75, 3.05) is 26.0 Å². The first-order valence-corrected chi connectivity index (χ1v) is 8.56. The van der Waals surface area contributed by atoms with Crippen molar-refractivity contribution >= 4 is 34.0 Å². The van der Waals surface area contributed by atoms with Crippen molar-refractivity contribution in [1.29, 1.82) is 0 Å². The van der Waals surface area contributed by atoms with Crippen LogP contribution in [0.15, 0.2) is 29.6 Å². The van der Waals surface area contributed by atoms with Crippen LogP contribution in [0.1, 0.15) is 18.5 Å². The molecule has 0 fully saturated rings. The van der Waals surface area contributed by atoms with Crippen molar-refractivity contribution in [3.63, 3.8) is 0 Å². The van der Waals surface area contributed by atoms with E-state index in [4.69, 9.17) is 16.3 Å². The highest BCUT2D eigenvalue weighted by Gasteiger charge is 2.08. The molecule has 1 aromatic carbocycles. The van der Waals surface area contributed by atoms with E-state index in [0.29, 0.717) is 35.4 Å². The zero-order valence-corrected chi connectivity index (χ0v) is 14.8. The second kappa shape index (κ2) is 8.86. The minimum Gasteiger partial charge on any atom is -0.492 e. The molecule has 2 aromatic rings. The zero-order chi connectivity index (χ0) is 16.7. The molecule has 0 saturated heterocycles. The second-order valence-electron chi connectivity index (χ2n) is 5.31. The molecule has 1 heterocycles. The van der Waals surface area contributed by atoms with E-state index >= 15 is 0 Å². The molecule has 0 aliphatic carbocycles. The van der Waals surface area contributed by atoms with Crippen LogP contribution in [0.2, 0.25) is 5.02 Å². The summed E-state index contributed by atoms with van der Waals surface area (Å²) in [7, 11) is 3.97. The molecule has 1 amide bonds. The standard InChI is InChI=1S/C16H20ClN3O2S/c1-20(2)10-12-11-23-16(18-12)19-15(21)8-5-9-22-14-7-4-3-6-13(14)17/h3-4,6-7,11H,5,8-10H2,1-2H3,(H,18,19,21). The highest BCUT2D eigenvalue weighted by atomic mass is 35.5. The number of hydrogen-bond acceptors (Lipinski definition) is 5. The fourth-order valence-electron chi connectivity index (χ4n) is 1.92. The Morgan fingerprint density at radius 1 is 1.39 bits per heavy atom. The summed E-state index contributed by atoms with van der Waals surface area (Å²) in [5.41, 5.74) is 0.956. The van der Waals surface area contributed by atoms with Gasteiger partial charge in [-0.25, -0.2) is 4.98 Å². The Bertz CT molecular complexity index is 646. The fourth-order valence-corrected chi connectivity index (χ4v) is 2.83. The highest BCUT2D eigenvalue weighted by molar-refractivity contribution is 7.13. The molecule has 0 bridgehead atoms. The molecular formula is C16H20ClN3O2S. The molecule has 5 nitrogen and oxygen atoms in total. The summed E-state index contributed by atoms with van der Waals surface area (Å²) in [4.78, 5) is 18.3. The van der Waals surface area contributed by atoms with Crippen LogP contribution in [-0.2, 0) is 11.3 Å². The average Bonchev–Trinajstić information content (AvgIpc) is 2.91. The van der Waals surface area contributed by atoms with Gasteiger partial charge in [0.25, 0.3) is 0 Å². The molecule has 0 spiro atoms. The lowest BCUT2D eigenvalue weighted by Gasteiger charge is -2.07. The van der Waals surface area contributed by atoms with Gasteiger partial charge in [0, 0.05) is 18.3 Å². The van der Waals surface area contributed by atoms with Gasteiger partial charge in [-0.3, -0.25) is 4.79 Å². The Kier molecular flexibility index (Phi) is 6.83. The van der Waals surface area contributed by atoms with Crippen molar-refractivity contribution < 1.29 is 9.53 Å². The van der Waals surface area contributed by atoms with Crippen LogP contribution in [0.5, 0.6) is 5.75 Å². The van der Waals surface area contributed by atoms with E-state index in [0.717, 1.165) is 12.2 Å². The molecule has 7 heteroatoms. The summed E-state index contributed by atoms with van der Waals surface area (Å²) >= 11 is 7.44. The summed E-state index contributed by atoms with van der Waals surface area (Å²) in [6, 6.07) is 7.30. The van der Waals surface area contributed by atoms with E-state index in [2.05, 4.69) is 10.3 Å². The predicted molar refractivity (Wildman–Crippen MR) is 94.3 cm³/mol. The smallest absolute Gasteiger partial charge is 0.226 e. The van der Waals surface area contributed by atoms with Crippen LogP contribution < -0.4 is 10.1 Å². The molecule has 1 aromatic heterocycles. The molecule has 0 radical (unpaired) electrons. The molecule has 2 rings (SSSR count). The van der Waals surface area contributed by atoms with Gasteiger partial charge in [-0.05, 0) is 32.6 Å². The van der Waals surface area contributed by atoms with Gasteiger partial charge in [0.1, 0.15) is 5.75 Å². The van der Waals surface area contributed by atoms with Gasteiger partial charge in [0.05, 0.1) is 17.3 Å². The number of carbonyl (C=O) groups is 1. The third-order valence-electron chi connectivity index (χ3n) is 2.92. The minimum absolute atomic E-state index is 0.0569. The number of hydrogen-bond donors (Lipinski definition) is 1. The second-order valence-corrected chi connectivity index (χ2v) is 6.58. The lowest BCUT2D eigenvalue weighted by atomic mass is 10.3. The maximum Gasteiger partial charge on any atom is 0.226 e. The van der Waals surface area contributed by atoms with Crippen LogP contribution in [0.3, 0.4) is 0 Å². The van der Waals surface area contributed by atoms with E-state index in [1.165, 1.54) is 11.3 Å². The summed E-state index contributed by atoms with van der Waals surface area (Å²) in [6.07, 6.45) is 1.00. The maximum atomic E-state index is 11.9. The van der Waals surface area contributed by atoms with E-state index in [9.17, 15) is 4.79 Å². The largest absolute Gasteiger partial charge is 0.492 e. The lowest BCUT2D eigenvalue weighted by Crippen LogP contribution is -2.13. The van der Waals surface area contributed by atoms with E-state index in [1.54, 1.807) is 6.07 Å². The van der Waals surface area contributed by atoms with Gasteiger partial charge in [-0.2, -0.15) is 0 Å². The highest BCUT2D eigenvalue weighted by Crippen LogP contribution is 2.23. The van der Waals surface area contributed by atoms with Gasteiger partial charge in [-0.15, -0.1) is 11.3 Å². The first-order chi connectivity index (χ1) is 11.0. The van der Waals surface area contributed by atoms with Crippen molar-refractivity contribution in [3.05, 3.63) is 40.4 Å². The summed E-state index contributed by atoms with van der Waals surface area (Å²) in [5, 5.41) is 5.98. The lowest BCUT2D eigenvalue weighted by molar-refractivity contribution is -0.116. The van der Waals surface area contributed by atoms with Crippen LogP contribution in [0.4, 0.5) is 5.13 Å². The Labute approximate surface area is 145 Å². The number of aromatic nitrogens is 1. The predicted octanol–water partition coefficient (Wildman–Crippen LogP) is 3.66. The van der Waals surface area contributed by atoms with Gasteiger partial charge in [0.2, 0.25) is 5.91 Å². The minimum atomic E-state index is -0.0569. The third-order valence-corrected chi connectivity index (χ3v) is 4.04. The molecule has 0 aliphatic rings. The normalized spacial score (nSPS) is 10.8. The molecular weight excluding hydrogens is 334 g/mol. The Hall–Kier alpha value is -1.63. The summed E-state index contributed by atoms with van der Waals surface area (Å²) in [6.45, 7) is 1.21. The number of anilines is 1. The van der Waals surface area contributed by atoms with E-state index in [1.807, 2.05) is 42.6 Å². The number of nitrogens with zero attached hydrogens (tertiary/aromatic N) is 2. The molecule has 1 N–H and O–H groups in total. The van der Waals surface area contributed by atoms with Crippen LogP contribution in [0.25, 0.3) is 0 Å². The third kappa shape index (κ3) is 6.17. The van der Waals surface area contributed by atoms with Crippen molar-refractivity contribution in [2.24, 2.45) is 0 Å². The topological polar surface area (TPSA) is 54.5 Å². The SMILES string of the molecule is CN(C)Cc1csc(NC(=O)CCCOc2ccccc2Cl)n1. The summed E-state index contributed by atoms with van der Waals surface area (Å²) in [5.74, 6) is 0.585. The molecule has 0 aliphatic heterocycles. The number of amides is 1. The number of carbonyl (C=O) groups excluding carboxylic acids is 1. The van der Waals surface area contributed by atoms with Gasteiger partial charge in [0.15, 0.2) is 5.13 Å². The van der Waals surface area contributed by atoms with E-state index in [-0.39, 0.29) is 5.91 Å². The fraction of sp³-hybridized carbons (Fsp3) is 0.375. The van der Waals surface area contributed by atoms with Crippen LogP contribution >= 0.6 is 22.9 Å². The first kappa shape index (κ1) is 17.7. The summed E-state index contributed by atoms with van der Waals surface area (Å²) < 4.78 is 5.55. The number of para-hydroxylation sites is 1. The van der Waals surface area contributed by atoms with Gasteiger partial charge >= 0.3 is 0 Å². The number of thiazole rings is 1. The number of halogens is 1. The molecule has 0 saturated carbocycles. The Balaban J connectivity index is 1.69. The Morgan fingerprint density at radius 3 is 2.91 bits per heavy atom. The van der Waals surface area contributed by atoms with Gasteiger partial charge in [-0.1, -0.05) is 23.7 Å².